The Morgan fingerprint density at radius 1 is 1.25 bits per heavy atom. The van der Waals surface area contributed by atoms with Crippen molar-refractivity contribution in [2.75, 3.05) is 0 Å². The van der Waals surface area contributed by atoms with Crippen molar-refractivity contribution in [3.05, 3.63) is 23.5 Å². The van der Waals surface area contributed by atoms with Gasteiger partial charge >= 0.3 is 0 Å². The summed E-state index contributed by atoms with van der Waals surface area (Å²) in [5.74, 6) is 0.776. The average Bonchev–Trinajstić information content (AvgIpc) is 2.62. The molecule has 0 radical (unpaired) electrons. The van der Waals surface area contributed by atoms with Gasteiger partial charge in [0, 0.05) is 11.4 Å². The molecule has 0 atom stereocenters. The third kappa shape index (κ3) is 1.65. The van der Waals surface area contributed by atoms with Crippen molar-refractivity contribution in [1.29, 1.82) is 5.26 Å². The van der Waals surface area contributed by atoms with Crippen molar-refractivity contribution in [1.82, 2.24) is 4.57 Å². The highest BCUT2D eigenvalue weighted by molar-refractivity contribution is 5.22. The van der Waals surface area contributed by atoms with Gasteiger partial charge in [-0.05, 0) is 57.6 Å². The van der Waals surface area contributed by atoms with Crippen LogP contribution < -0.4 is 0 Å². The van der Waals surface area contributed by atoms with E-state index < -0.39 is 0 Å². The van der Waals surface area contributed by atoms with Crippen LogP contribution >= 0.6 is 0 Å². The van der Waals surface area contributed by atoms with Gasteiger partial charge in [-0.25, -0.2) is 0 Å². The molecule has 1 aromatic rings. The zero-order chi connectivity index (χ0) is 11.8. The molecule has 1 heterocycles. The Bertz CT molecular complexity index is 395. The number of aromatic nitrogens is 1. The molecule has 0 bridgehead atoms. The van der Waals surface area contributed by atoms with E-state index in [0.29, 0.717) is 0 Å². The van der Waals surface area contributed by atoms with Gasteiger partial charge in [-0.3, -0.25) is 0 Å². The lowest BCUT2D eigenvalue weighted by atomic mass is 9.77. The lowest BCUT2D eigenvalue weighted by Crippen LogP contribution is -2.37. The molecule has 0 N–H and O–H groups in total. The van der Waals surface area contributed by atoms with Gasteiger partial charge in [-0.1, -0.05) is 6.92 Å². The smallest absolute Gasteiger partial charge is 0.131 e. The largest absolute Gasteiger partial charge is 0.330 e. The van der Waals surface area contributed by atoms with Crippen LogP contribution in [-0.2, 0) is 5.54 Å². The van der Waals surface area contributed by atoms with E-state index in [0.717, 1.165) is 18.8 Å². The van der Waals surface area contributed by atoms with Crippen LogP contribution in [0.3, 0.4) is 0 Å². The highest BCUT2D eigenvalue weighted by Gasteiger charge is 2.37. The third-order valence-electron chi connectivity index (χ3n) is 4.01. The molecule has 1 aliphatic carbocycles. The van der Waals surface area contributed by atoms with Crippen LogP contribution in [0.1, 0.15) is 44.0 Å². The number of rotatable bonds is 1. The molecule has 16 heavy (non-hydrogen) atoms. The Hall–Kier alpha value is -1.23. The van der Waals surface area contributed by atoms with E-state index in [-0.39, 0.29) is 5.54 Å². The molecular formula is C14H20N2. The molecule has 1 saturated carbocycles. The lowest BCUT2D eigenvalue weighted by Gasteiger charge is -2.37. The molecule has 0 amide bonds. The predicted octanol–water partition coefficient (Wildman–Crippen LogP) is 3.53. The molecule has 86 valence electrons. The number of nitrogens with zero attached hydrogens (tertiary/aromatic N) is 2. The molecule has 0 unspecified atom stereocenters. The minimum Gasteiger partial charge on any atom is -0.330 e. The van der Waals surface area contributed by atoms with Crippen LogP contribution in [0.25, 0.3) is 0 Å². The second kappa shape index (κ2) is 3.97. The number of hydrogen-bond acceptors (Lipinski definition) is 1. The van der Waals surface area contributed by atoms with Crippen molar-refractivity contribution in [2.24, 2.45) is 5.92 Å². The molecule has 1 aromatic heterocycles. The van der Waals surface area contributed by atoms with Crippen LogP contribution in [0, 0.1) is 31.1 Å². The minimum absolute atomic E-state index is 0.274. The topological polar surface area (TPSA) is 28.7 Å². The standard InChI is InChI=1S/C14H20N2/c1-11-6-8-14(10-15,9-7-11)16-12(2)4-5-13(16)3/h4-5,11H,6-9H2,1-3H3. The summed E-state index contributed by atoms with van der Waals surface area (Å²) in [5.41, 5.74) is 2.16. The first-order chi connectivity index (χ1) is 7.59. The fraction of sp³-hybridized carbons (Fsp3) is 0.643. The fourth-order valence-corrected chi connectivity index (χ4v) is 2.97. The minimum atomic E-state index is -0.274. The predicted molar refractivity (Wildman–Crippen MR) is 65.1 cm³/mol. The van der Waals surface area contributed by atoms with Crippen LogP contribution in [0.2, 0.25) is 0 Å². The van der Waals surface area contributed by atoms with Crippen molar-refractivity contribution in [3.63, 3.8) is 0 Å². The molecule has 0 saturated heterocycles. The summed E-state index contributed by atoms with van der Waals surface area (Å²) < 4.78 is 2.25. The molecular weight excluding hydrogens is 196 g/mol. The first-order valence-electron chi connectivity index (χ1n) is 6.16. The molecule has 2 nitrogen and oxygen atoms in total. The average molecular weight is 216 g/mol. The third-order valence-corrected chi connectivity index (χ3v) is 4.01. The Morgan fingerprint density at radius 3 is 2.19 bits per heavy atom. The van der Waals surface area contributed by atoms with Crippen LogP contribution in [-0.4, -0.2) is 4.57 Å². The van der Waals surface area contributed by atoms with E-state index >= 15 is 0 Å². The summed E-state index contributed by atoms with van der Waals surface area (Å²) in [6.07, 6.45) is 4.34. The molecule has 0 aliphatic heterocycles. The number of hydrogen-bond donors (Lipinski definition) is 0. The number of aryl methyl sites for hydroxylation is 2. The van der Waals surface area contributed by atoms with E-state index in [1.165, 1.54) is 24.2 Å². The summed E-state index contributed by atoms with van der Waals surface area (Å²) in [5, 5.41) is 9.58. The Morgan fingerprint density at radius 2 is 1.75 bits per heavy atom. The van der Waals surface area contributed by atoms with Gasteiger partial charge < -0.3 is 4.57 Å². The van der Waals surface area contributed by atoms with Crippen molar-refractivity contribution in [2.45, 2.75) is 52.0 Å². The highest BCUT2D eigenvalue weighted by atomic mass is 15.1. The monoisotopic (exact) mass is 216 g/mol. The highest BCUT2D eigenvalue weighted by Crippen LogP contribution is 2.38. The van der Waals surface area contributed by atoms with Crippen molar-refractivity contribution in [3.8, 4) is 6.07 Å². The molecule has 2 rings (SSSR count). The molecule has 1 fully saturated rings. The Kier molecular flexibility index (Phi) is 2.80. The van der Waals surface area contributed by atoms with E-state index in [9.17, 15) is 5.26 Å². The normalized spacial score (nSPS) is 30.0. The first kappa shape index (κ1) is 11.3. The van der Waals surface area contributed by atoms with Crippen molar-refractivity contribution >= 4 is 0 Å². The molecule has 0 aromatic carbocycles. The zero-order valence-corrected chi connectivity index (χ0v) is 10.5. The van der Waals surface area contributed by atoms with Gasteiger partial charge in [-0.2, -0.15) is 5.26 Å². The van der Waals surface area contributed by atoms with Gasteiger partial charge in [-0.15, -0.1) is 0 Å². The van der Waals surface area contributed by atoms with E-state index in [2.05, 4.69) is 43.5 Å². The summed E-state index contributed by atoms with van der Waals surface area (Å²) in [4.78, 5) is 0. The number of nitriles is 1. The van der Waals surface area contributed by atoms with Gasteiger partial charge in [0.05, 0.1) is 6.07 Å². The SMILES string of the molecule is Cc1ccc(C)n1C1(C#N)CCC(C)CC1. The van der Waals surface area contributed by atoms with E-state index in [4.69, 9.17) is 0 Å². The summed E-state index contributed by atoms with van der Waals surface area (Å²) in [7, 11) is 0. The maximum atomic E-state index is 9.58. The summed E-state index contributed by atoms with van der Waals surface area (Å²) in [6, 6.07) is 6.82. The quantitative estimate of drug-likeness (QED) is 0.706. The van der Waals surface area contributed by atoms with E-state index in [1.54, 1.807) is 0 Å². The lowest BCUT2D eigenvalue weighted by molar-refractivity contribution is 0.217. The van der Waals surface area contributed by atoms with Gasteiger partial charge in [0.1, 0.15) is 5.54 Å². The maximum Gasteiger partial charge on any atom is 0.131 e. The summed E-state index contributed by atoms with van der Waals surface area (Å²) in [6.45, 7) is 6.49. The van der Waals surface area contributed by atoms with Gasteiger partial charge in [0.15, 0.2) is 0 Å². The van der Waals surface area contributed by atoms with Crippen LogP contribution in [0.15, 0.2) is 12.1 Å². The Balaban J connectivity index is 2.40. The molecule has 0 spiro atoms. The second-order valence-electron chi connectivity index (χ2n) is 5.28. The fourth-order valence-electron chi connectivity index (χ4n) is 2.97. The van der Waals surface area contributed by atoms with Gasteiger partial charge in [0.2, 0.25) is 0 Å². The van der Waals surface area contributed by atoms with Crippen LogP contribution in [0.5, 0.6) is 0 Å². The van der Waals surface area contributed by atoms with Gasteiger partial charge in [0.25, 0.3) is 0 Å². The molecule has 2 heteroatoms. The van der Waals surface area contributed by atoms with E-state index in [1.807, 2.05) is 0 Å². The van der Waals surface area contributed by atoms with Crippen LogP contribution in [0.4, 0.5) is 0 Å². The first-order valence-corrected chi connectivity index (χ1v) is 6.16. The Labute approximate surface area is 97.9 Å². The molecule has 1 aliphatic rings. The van der Waals surface area contributed by atoms with Crippen molar-refractivity contribution < 1.29 is 0 Å². The summed E-state index contributed by atoms with van der Waals surface area (Å²) >= 11 is 0. The maximum absolute atomic E-state index is 9.58. The second-order valence-corrected chi connectivity index (χ2v) is 5.28. The zero-order valence-electron chi connectivity index (χ0n) is 10.5.